The molecule has 1 aliphatic rings. The average Bonchev–Trinajstić information content (AvgIpc) is 2.55. The SMILES string of the molecule is COc1ccc([C@H](N2CCNCC2)C(C)(C)C)c2ccccc12.Cl.Cl. The Morgan fingerprint density at radius 3 is 2.12 bits per heavy atom. The topological polar surface area (TPSA) is 24.5 Å². The van der Waals surface area contributed by atoms with Crippen molar-refractivity contribution in [3.05, 3.63) is 42.0 Å². The number of nitrogens with one attached hydrogen (secondary N) is 1. The smallest absolute Gasteiger partial charge is 0.126 e. The normalized spacial score (nSPS) is 16.6. The van der Waals surface area contributed by atoms with Crippen molar-refractivity contribution in [3.8, 4) is 5.75 Å². The number of fused-ring (bicyclic) bond motifs is 1. The molecule has 0 unspecified atom stereocenters. The van der Waals surface area contributed by atoms with Gasteiger partial charge in [-0.25, -0.2) is 0 Å². The average molecular weight is 385 g/mol. The van der Waals surface area contributed by atoms with E-state index in [4.69, 9.17) is 4.74 Å². The quantitative estimate of drug-likeness (QED) is 0.830. The largest absolute Gasteiger partial charge is 0.496 e. The maximum absolute atomic E-state index is 5.57. The fourth-order valence-corrected chi connectivity index (χ4v) is 3.86. The summed E-state index contributed by atoms with van der Waals surface area (Å²) in [7, 11) is 1.75. The Bertz CT molecular complexity index is 679. The predicted molar refractivity (Wildman–Crippen MR) is 112 cm³/mol. The van der Waals surface area contributed by atoms with E-state index in [0.717, 1.165) is 31.9 Å². The van der Waals surface area contributed by atoms with Gasteiger partial charge in [-0.05, 0) is 22.4 Å². The summed E-state index contributed by atoms with van der Waals surface area (Å²) in [5, 5.41) is 5.98. The lowest BCUT2D eigenvalue weighted by Crippen LogP contribution is -2.48. The monoisotopic (exact) mass is 384 g/mol. The molecule has 0 aromatic heterocycles. The predicted octanol–water partition coefficient (Wildman–Crippen LogP) is 4.68. The number of halogens is 2. The van der Waals surface area contributed by atoms with Crippen LogP contribution in [0.2, 0.25) is 0 Å². The van der Waals surface area contributed by atoms with E-state index < -0.39 is 0 Å². The molecule has 25 heavy (non-hydrogen) atoms. The molecule has 2 aromatic rings. The molecule has 0 amide bonds. The van der Waals surface area contributed by atoms with Crippen LogP contribution in [0.5, 0.6) is 5.75 Å². The molecule has 0 aliphatic carbocycles. The van der Waals surface area contributed by atoms with Gasteiger partial charge in [-0.2, -0.15) is 0 Å². The van der Waals surface area contributed by atoms with Crippen LogP contribution in [0.15, 0.2) is 36.4 Å². The second-order valence-corrected chi connectivity index (χ2v) is 7.46. The van der Waals surface area contributed by atoms with E-state index in [1.54, 1.807) is 7.11 Å². The number of ether oxygens (including phenoxy) is 1. The van der Waals surface area contributed by atoms with Crippen molar-refractivity contribution in [2.75, 3.05) is 33.3 Å². The summed E-state index contributed by atoms with van der Waals surface area (Å²) in [5.74, 6) is 0.956. The first-order valence-electron chi connectivity index (χ1n) is 8.53. The first-order valence-corrected chi connectivity index (χ1v) is 8.53. The van der Waals surface area contributed by atoms with Gasteiger partial charge in [-0.15, -0.1) is 24.8 Å². The number of piperazine rings is 1. The molecule has 3 rings (SSSR count). The highest BCUT2D eigenvalue weighted by atomic mass is 35.5. The van der Waals surface area contributed by atoms with Gasteiger partial charge in [0.2, 0.25) is 0 Å². The van der Waals surface area contributed by atoms with Crippen LogP contribution in [0, 0.1) is 5.41 Å². The lowest BCUT2D eigenvalue weighted by atomic mass is 9.79. The standard InChI is InChI=1S/C20H28N2O.2ClH/c1-20(2,3)19(22-13-11-21-12-14-22)17-9-10-18(23-4)16-8-6-5-7-15(16)17;;/h5-10,19,21H,11-14H2,1-4H3;2*1H/t19-;;/m0../s1. The molecule has 2 aromatic carbocycles. The third-order valence-corrected chi connectivity index (χ3v) is 4.77. The number of hydrogen-bond donors (Lipinski definition) is 1. The fraction of sp³-hybridized carbons (Fsp3) is 0.500. The lowest BCUT2D eigenvalue weighted by molar-refractivity contribution is 0.0872. The number of hydrogen-bond acceptors (Lipinski definition) is 3. The summed E-state index contributed by atoms with van der Waals surface area (Å²) in [6.45, 7) is 11.4. The van der Waals surface area contributed by atoms with Crippen molar-refractivity contribution in [1.29, 1.82) is 0 Å². The Balaban J connectivity index is 0.00000156. The van der Waals surface area contributed by atoms with E-state index in [2.05, 4.69) is 67.4 Å². The van der Waals surface area contributed by atoms with Gasteiger partial charge in [0.1, 0.15) is 5.75 Å². The minimum atomic E-state index is 0. The van der Waals surface area contributed by atoms with Crippen molar-refractivity contribution < 1.29 is 4.74 Å². The Labute approximate surface area is 163 Å². The molecule has 0 spiro atoms. The highest BCUT2D eigenvalue weighted by molar-refractivity contribution is 5.91. The van der Waals surface area contributed by atoms with Crippen LogP contribution in [0.3, 0.4) is 0 Å². The van der Waals surface area contributed by atoms with E-state index >= 15 is 0 Å². The molecular formula is C20H30Cl2N2O. The summed E-state index contributed by atoms with van der Waals surface area (Å²) in [4.78, 5) is 2.63. The number of rotatable bonds is 3. The van der Waals surface area contributed by atoms with E-state index in [0.29, 0.717) is 6.04 Å². The summed E-state index contributed by atoms with van der Waals surface area (Å²) in [5.41, 5.74) is 1.59. The first kappa shape index (κ1) is 22.0. The molecular weight excluding hydrogens is 355 g/mol. The van der Waals surface area contributed by atoms with Crippen molar-refractivity contribution in [1.82, 2.24) is 10.2 Å². The Hall–Kier alpha value is -1.000. The van der Waals surface area contributed by atoms with Crippen LogP contribution in [0.4, 0.5) is 0 Å². The van der Waals surface area contributed by atoms with Crippen molar-refractivity contribution >= 4 is 35.6 Å². The second-order valence-electron chi connectivity index (χ2n) is 7.46. The molecule has 3 nitrogen and oxygen atoms in total. The van der Waals surface area contributed by atoms with Crippen LogP contribution < -0.4 is 10.1 Å². The Morgan fingerprint density at radius 1 is 0.960 bits per heavy atom. The third-order valence-electron chi connectivity index (χ3n) is 4.77. The van der Waals surface area contributed by atoms with Crippen molar-refractivity contribution in [3.63, 3.8) is 0 Å². The van der Waals surface area contributed by atoms with Gasteiger partial charge in [0, 0.05) is 37.6 Å². The third kappa shape index (κ3) is 4.59. The van der Waals surface area contributed by atoms with Gasteiger partial charge in [0.25, 0.3) is 0 Å². The van der Waals surface area contributed by atoms with E-state index in [1.807, 2.05) is 0 Å². The molecule has 0 saturated carbocycles. The highest BCUT2D eigenvalue weighted by Gasteiger charge is 2.33. The maximum atomic E-state index is 5.57. The molecule has 140 valence electrons. The van der Waals surface area contributed by atoms with Crippen LogP contribution in [0.25, 0.3) is 10.8 Å². The van der Waals surface area contributed by atoms with E-state index in [9.17, 15) is 0 Å². The van der Waals surface area contributed by atoms with Gasteiger partial charge in [-0.3, -0.25) is 4.90 Å². The van der Waals surface area contributed by atoms with Gasteiger partial charge in [-0.1, -0.05) is 51.1 Å². The molecule has 1 saturated heterocycles. The van der Waals surface area contributed by atoms with Crippen molar-refractivity contribution in [2.24, 2.45) is 5.41 Å². The Morgan fingerprint density at radius 2 is 1.56 bits per heavy atom. The van der Waals surface area contributed by atoms with Crippen LogP contribution in [0.1, 0.15) is 32.4 Å². The molecule has 0 radical (unpaired) electrons. The van der Waals surface area contributed by atoms with Crippen LogP contribution >= 0.6 is 24.8 Å². The molecule has 1 fully saturated rings. The second kappa shape index (κ2) is 9.09. The molecule has 1 N–H and O–H groups in total. The maximum Gasteiger partial charge on any atom is 0.126 e. The van der Waals surface area contributed by atoms with Gasteiger partial charge in [0.15, 0.2) is 0 Å². The number of benzene rings is 2. The summed E-state index contributed by atoms with van der Waals surface area (Å²) in [6, 6.07) is 13.4. The number of methoxy groups -OCH3 is 1. The Kier molecular flexibility index (Phi) is 8.01. The summed E-state index contributed by atoms with van der Waals surface area (Å²) in [6.07, 6.45) is 0. The van der Waals surface area contributed by atoms with E-state index in [1.165, 1.54) is 16.3 Å². The molecule has 1 heterocycles. The minimum absolute atomic E-state index is 0. The van der Waals surface area contributed by atoms with Gasteiger partial charge in [0.05, 0.1) is 7.11 Å². The summed E-state index contributed by atoms with van der Waals surface area (Å²) >= 11 is 0. The molecule has 1 aliphatic heterocycles. The molecule has 1 atom stereocenters. The zero-order valence-corrected chi connectivity index (χ0v) is 17.2. The van der Waals surface area contributed by atoms with E-state index in [-0.39, 0.29) is 30.2 Å². The summed E-state index contributed by atoms with van der Waals surface area (Å²) < 4.78 is 5.57. The van der Waals surface area contributed by atoms with Gasteiger partial charge >= 0.3 is 0 Å². The molecule has 5 heteroatoms. The van der Waals surface area contributed by atoms with Gasteiger partial charge < -0.3 is 10.1 Å². The molecule has 0 bridgehead atoms. The van der Waals surface area contributed by atoms with Crippen LogP contribution in [-0.4, -0.2) is 38.2 Å². The first-order chi connectivity index (χ1) is 11.0. The number of nitrogens with zero attached hydrogens (tertiary/aromatic N) is 1. The van der Waals surface area contributed by atoms with Crippen LogP contribution in [-0.2, 0) is 0 Å². The fourth-order valence-electron chi connectivity index (χ4n) is 3.86. The minimum Gasteiger partial charge on any atom is -0.496 e. The lowest BCUT2D eigenvalue weighted by Gasteiger charge is -2.43. The zero-order chi connectivity index (χ0) is 16.4. The highest BCUT2D eigenvalue weighted by Crippen LogP contribution is 2.42. The van der Waals surface area contributed by atoms with Crippen molar-refractivity contribution in [2.45, 2.75) is 26.8 Å². The zero-order valence-electron chi connectivity index (χ0n) is 15.5.